The van der Waals surface area contributed by atoms with E-state index in [4.69, 9.17) is 0 Å². The van der Waals surface area contributed by atoms with Gasteiger partial charge in [-0.05, 0) is 61.1 Å². The molecule has 2 amide bonds. The second-order valence-corrected chi connectivity index (χ2v) is 7.39. The molecule has 4 rings (SSSR count). The molecule has 1 saturated heterocycles. The van der Waals surface area contributed by atoms with Crippen LogP contribution >= 0.6 is 0 Å². The van der Waals surface area contributed by atoms with Crippen LogP contribution in [0.5, 0.6) is 0 Å². The first-order valence-corrected chi connectivity index (χ1v) is 9.78. The van der Waals surface area contributed by atoms with Gasteiger partial charge in [-0.15, -0.1) is 0 Å². The average Bonchev–Trinajstić information content (AvgIpc) is 3.08. The standard InChI is InChI=1S/C21H27N5O/c1-25-12-8-17-5-6-18(14-19(17)25)24-21(27)23-15-16-7-9-22-20(13-16)26-10-3-2-4-11-26/h5-7,9,13-14H,2-4,8,10-12,15H2,1H3,(H2,23,24,27). The number of fused-ring (bicyclic) bond motifs is 1. The first-order chi connectivity index (χ1) is 13.2. The maximum Gasteiger partial charge on any atom is 0.319 e. The minimum absolute atomic E-state index is 0.188. The second-order valence-electron chi connectivity index (χ2n) is 7.39. The van der Waals surface area contributed by atoms with Gasteiger partial charge in [0.05, 0.1) is 0 Å². The largest absolute Gasteiger partial charge is 0.374 e. The minimum Gasteiger partial charge on any atom is -0.374 e. The van der Waals surface area contributed by atoms with Crippen LogP contribution in [-0.4, -0.2) is 37.7 Å². The monoisotopic (exact) mass is 365 g/mol. The Balaban J connectivity index is 1.33. The topological polar surface area (TPSA) is 60.5 Å². The Morgan fingerprint density at radius 3 is 2.81 bits per heavy atom. The van der Waals surface area contributed by atoms with Crippen molar-refractivity contribution >= 4 is 23.2 Å². The predicted molar refractivity (Wildman–Crippen MR) is 110 cm³/mol. The summed E-state index contributed by atoms with van der Waals surface area (Å²) >= 11 is 0. The summed E-state index contributed by atoms with van der Waals surface area (Å²) in [7, 11) is 2.08. The van der Waals surface area contributed by atoms with Crippen LogP contribution in [-0.2, 0) is 13.0 Å². The molecule has 0 saturated carbocycles. The number of anilines is 3. The van der Waals surface area contributed by atoms with E-state index in [9.17, 15) is 4.79 Å². The third-order valence-corrected chi connectivity index (χ3v) is 5.41. The van der Waals surface area contributed by atoms with E-state index in [0.29, 0.717) is 6.54 Å². The number of aromatic nitrogens is 1. The van der Waals surface area contributed by atoms with Crippen molar-refractivity contribution in [3.05, 3.63) is 47.7 Å². The summed E-state index contributed by atoms with van der Waals surface area (Å²) in [5, 5.41) is 5.88. The van der Waals surface area contributed by atoms with E-state index >= 15 is 0 Å². The van der Waals surface area contributed by atoms with Crippen molar-refractivity contribution in [3.8, 4) is 0 Å². The molecule has 0 radical (unpaired) electrons. The Labute approximate surface area is 160 Å². The second kappa shape index (κ2) is 7.86. The highest BCUT2D eigenvalue weighted by atomic mass is 16.2. The van der Waals surface area contributed by atoms with Gasteiger partial charge in [-0.3, -0.25) is 0 Å². The molecule has 3 heterocycles. The summed E-state index contributed by atoms with van der Waals surface area (Å²) in [6.07, 6.45) is 6.65. The zero-order valence-electron chi connectivity index (χ0n) is 15.9. The van der Waals surface area contributed by atoms with Crippen molar-refractivity contribution in [1.82, 2.24) is 10.3 Å². The Kier molecular flexibility index (Phi) is 5.14. The molecule has 1 aromatic carbocycles. The van der Waals surface area contributed by atoms with Crippen LogP contribution in [0.4, 0.5) is 22.0 Å². The Hall–Kier alpha value is -2.76. The van der Waals surface area contributed by atoms with E-state index in [1.807, 2.05) is 24.4 Å². The first kappa shape index (κ1) is 17.6. The molecule has 0 unspecified atom stereocenters. The average molecular weight is 365 g/mol. The van der Waals surface area contributed by atoms with Gasteiger partial charge in [0.1, 0.15) is 5.82 Å². The summed E-state index contributed by atoms with van der Waals surface area (Å²) in [5.74, 6) is 1.01. The summed E-state index contributed by atoms with van der Waals surface area (Å²) in [4.78, 5) is 21.3. The molecule has 27 heavy (non-hydrogen) atoms. The lowest BCUT2D eigenvalue weighted by Crippen LogP contribution is -2.31. The molecule has 142 valence electrons. The Morgan fingerprint density at radius 1 is 1.11 bits per heavy atom. The lowest BCUT2D eigenvalue weighted by molar-refractivity contribution is 0.251. The zero-order chi connectivity index (χ0) is 18.6. The number of nitrogens with zero attached hydrogens (tertiary/aromatic N) is 3. The summed E-state index contributed by atoms with van der Waals surface area (Å²) in [5.41, 5.74) is 4.43. The van der Waals surface area contributed by atoms with Crippen LogP contribution < -0.4 is 20.4 Å². The van der Waals surface area contributed by atoms with Gasteiger partial charge in [0, 0.05) is 50.8 Å². The van der Waals surface area contributed by atoms with Gasteiger partial charge in [-0.2, -0.15) is 0 Å². The highest BCUT2D eigenvalue weighted by Crippen LogP contribution is 2.29. The number of carbonyl (C=O) groups is 1. The molecule has 6 heteroatoms. The van der Waals surface area contributed by atoms with E-state index in [0.717, 1.165) is 43.1 Å². The van der Waals surface area contributed by atoms with Crippen LogP contribution in [0, 0.1) is 0 Å². The fourth-order valence-corrected chi connectivity index (χ4v) is 3.84. The van der Waals surface area contributed by atoms with Gasteiger partial charge in [-0.1, -0.05) is 6.07 Å². The number of likely N-dealkylation sites (N-methyl/N-ethyl adjacent to an activating group) is 1. The Bertz CT molecular complexity index is 816. The van der Waals surface area contributed by atoms with Crippen molar-refractivity contribution in [3.63, 3.8) is 0 Å². The molecule has 6 nitrogen and oxygen atoms in total. The summed E-state index contributed by atoms with van der Waals surface area (Å²) in [6.45, 7) is 3.65. The van der Waals surface area contributed by atoms with Gasteiger partial charge in [0.2, 0.25) is 0 Å². The van der Waals surface area contributed by atoms with Gasteiger partial charge in [0.15, 0.2) is 0 Å². The van der Waals surface area contributed by atoms with Crippen LogP contribution in [0.3, 0.4) is 0 Å². The number of carbonyl (C=O) groups excluding carboxylic acids is 1. The summed E-state index contributed by atoms with van der Waals surface area (Å²) in [6, 6.07) is 9.96. The number of urea groups is 1. The van der Waals surface area contributed by atoms with Crippen molar-refractivity contribution in [2.24, 2.45) is 0 Å². The first-order valence-electron chi connectivity index (χ1n) is 9.78. The van der Waals surface area contributed by atoms with Crippen LogP contribution in [0.1, 0.15) is 30.4 Å². The van der Waals surface area contributed by atoms with Crippen molar-refractivity contribution < 1.29 is 4.79 Å². The van der Waals surface area contributed by atoms with Crippen molar-refractivity contribution in [2.45, 2.75) is 32.2 Å². The molecule has 1 fully saturated rings. The highest BCUT2D eigenvalue weighted by molar-refractivity contribution is 5.90. The molecule has 0 atom stereocenters. The van der Waals surface area contributed by atoms with Crippen molar-refractivity contribution in [1.29, 1.82) is 0 Å². The Morgan fingerprint density at radius 2 is 1.96 bits per heavy atom. The van der Waals surface area contributed by atoms with Crippen molar-refractivity contribution in [2.75, 3.05) is 41.8 Å². The van der Waals surface area contributed by atoms with Crippen LogP contribution in [0.2, 0.25) is 0 Å². The molecular weight excluding hydrogens is 338 g/mol. The lowest BCUT2D eigenvalue weighted by atomic mass is 10.1. The van der Waals surface area contributed by atoms with E-state index in [2.05, 4.69) is 44.6 Å². The number of hydrogen-bond acceptors (Lipinski definition) is 4. The smallest absolute Gasteiger partial charge is 0.319 e. The molecule has 1 aromatic heterocycles. The van der Waals surface area contributed by atoms with Gasteiger partial charge in [-0.25, -0.2) is 9.78 Å². The van der Waals surface area contributed by atoms with E-state index < -0.39 is 0 Å². The van der Waals surface area contributed by atoms with Crippen LogP contribution in [0.15, 0.2) is 36.5 Å². The molecule has 0 aliphatic carbocycles. The SMILES string of the molecule is CN1CCc2ccc(NC(=O)NCc3ccnc(N4CCCCC4)c3)cc21. The molecule has 0 bridgehead atoms. The number of nitrogens with one attached hydrogen (secondary N) is 2. The number of piperidine rings is 1. The lowest BCUT2D eigenvalue weighted by Gasteiger charge is -2.27. The normalized spacial score (nSPS) is 16.2. The third-order valence-electron chi connectivity index (χ3n) is 5.41. The minimum atomic E-state index is -0.188. The molecule has 2 aliphatic heterocycles. The van der Waals surface area contributed by atoms with E-state index in [1.54, 1.807) is 0 Å². The molecule has 2 N–H and O–H groups in total. The van der Waals surface area contributed by atoms with Gasteiger partial charge >= 0.3 is 6.03 Å². The fraction of sp³-hybridized carbons (Fsp3) is 0.429. The maximum atomic E-state index is 12.3. The molecule has 2 aliphatic rings. The fourth-order valence-electron chi connectivity index (χ4n) is 3.84. The number of amides is 2. The summed E-state index contributed by atoms with van der Waals surface area (Å²) < 4.78 is 0. The molecule has 0 spiro atoms. The van der Waals surface area contributed by atoms with E-state index in [-0.39, 0.29) is 6.03 Å². The van der Waals surface area contributed by atoms with Crippen LogP contribution in [0.25, 0.3) is 0 Å². The predicted octanol–water partition coefficient (Wildman–Crippen LogP) is 3.39. The maximum absolute atomic E-state index is 12.3. The van der Waals surface area contributed by atoms with Gasteiger partial charge < -0.3 is 20.4 Å². The molecular formula is C21H27N5O. The third kappa shape index (κ3) is 4.15. The van der Waals surface area contributed by atoms with E-state index in [1.165, 1.54) is 30.5 Å². The number of hydrogen-bond donors (Lipinski definition) is 2. The molecule has 2 aromatic rings. The number of pyridine rings is 1. The number of benzene rings is 1. The zero-order valence-corrected chi connectivity index (χ0v) is 15.9. The number of rotatable bonds is 4. The van der Waals surface area contributed by atoms with Gasteiger partial charge in [0.25, 0.3) is 0 Å². The quantitative estimate of drug-likeness (QED) is 0.872. The highest BCUT2D eigenvalue weighted by Gasteiger charge is 2.16.